The molecular weight excluding hydrogens is 362 g/mol. The Bertz CT molecular complexity index is 817. The van der Waals surface area contributed by atoms with Gasteiger partial charge in [0.1, 0.15) is 24.2 Å². The third kappa shape index (κ3) is 5.57. The van der Waals surface area contributed by atoms with Crippen LogP contribution in [0.4, 0.5) is 4.79 Å². The Kier molecular flexibility index (Phi) is 7.14. The van der Waals surface area contributed by atoms with Crippen LogP contribution in [0.15, 0.2) is 54.6 Å². The fourth-order valence-electron chi connectivity index (χ4n) is 2.74. The van der Waals surface area contributed by atoms with Crippen LogP contribution in [0.5, 0.6) is 5.75 Å². The number of carboxylic acids is 1. The van der Waals surface area contributed by atoms with E-state index in [1.54, 1.807) is 38.1 Å². The molecule has 2 aromatic rings. The van der Waals surface area contributed by atoms with E-state index in [-0.39, 0.29) is 18.1 Å². The molecule has 0 saturated carbocycles. The molecule has 0 bridgehead atoms. The first kappa shape index (κ1) is 21.0. The number of amides is 1. The molecule has 0 radical (unpaired) electrons. The number of alkyl carbamates (subject to hydrolysis) is 1. The van der Waals surface area contributed by atoms with Crippen LogP contribution in [0.3, 0.4) is 0 Å². The second-order valence-electron chi connectivity index (χ2n) is 6.65. The van der Waals surface area contributed by atoms with Gasteiger partial charge < -0.3 is 20.3 Å². The van der Waals surface area contributed by atoms with Crippen LogP contribution in [-0.4, -0.2) is 34.1 Å². The molecule has 3 N–H and O–H groups in total. The average Bonchev–Trinajstić information content (AvgIpc) is 2.67. The minimum absolute atomic E-state index is 0.0124. The van der Waals surface area contributed by atoms with Gasteiger partial charge in [-0.05, 0) is 23.3 Å². The summed E-state index contributed by atoms with van der Waals surface area (Å²) in [5.41, 5.74) is 1.13. The monoisotopic (exact) mass is 385 g/mol. The maximum atomic E-state index is 12.7. The lowest BCUT2D eigenvalue weighted by atomic mass is 9.83. The van der Waals surface area contributed by atoms with Gasteiger partial charge >= 0.3 is 12.1 Å². The van der Waals surface area contributed by atoms with E-state index in [0.717, 1.165) is 5.56 Å². The van der Waals surface area contributed by atoms with Gasteiger partial charge in [-0.1, -0.05) is 56.3 Å². The van der Waals surface area contributed by atoms with Crippen molar-refractivity contribution in [3.8, 4) is 5.75 Å². The van der Waals surface area contributed by atoms with Crippen molar-refractivity contribution < 1.29 is 29.3 Å². The minimum Gasteiger partial charge on any atom is -0.508 e. The first-order valence-electron chi connectivity index (χ1n) is 8.82. The zero-order valence-corrected chi connectivity index (χ0v) is 15.7. The second-order valence-corrected chi connectivity index (χ2v) is 6.65. The minimum atomic E-state index is -1.51. The molecule has 1 amide bonds. The molecule has 0 aliphatic rings. The highest BCUT2D eigenvalue weighted by molar-refractivity contribution is 5.95. The molecule has 0 saturated heterocycles. The normalized spacial score (nSPS) is 12.8. The Hall–Kier alpha value is -3.35. The molecule has 2 atom stereocenters. The van der Waals surface area contributed by atoms with Crippen molar-refractivity contribution in [2.75, 3.05) is 0 Å². The van der Waals surface area contributed by atoms with E-state index >= 15 is 0 Å². The highest BCUT2D eigenvalue weighted by Gasteiger charge is 2.37. The Balaban J connectivity index is 2.21. The number of rotatable bonds is 8. The highest BCUT2D eigenvalue weighted by atomic mass is 16.5. The Morgan fingerprint density at radius 2 is 1.61 bits per heavy atom. The summed E-state index contributed by atoms with van der Waals surface area (Å²) in [4.78, 5) is 36.7. The molecule has 0 aliphatic heterocycles. The molecule has 2 aromatic carbocycles. The number of aromatic hydroxyl groups is 1. The lowest BCUT2D eigenvalue weighted by Gasteiger charge is -2.25. The predicted octanol–water partition coefficient (Wildman–Crippen LogP) is 3.08. The zero-order valence-electron chi connectivity index (χ0n) is 15.7. The van der Waals surface area contributed by atoms with Crippen LogP contribution in [-0.2, 0) is 20.9 Å². The van der Waals surface area contributed by atoms with E-state index in [1.807, 2.05) is 6.07 Å². The SMILES string of the molecule is CC(C)C(=O)C(c1ccc(O)cc1)[C@H](NC(=O)OCc1ccccc1)C(=O)O. The number of phenolic OH excluding ortho intramolecular Hbond substituents is 1. The molecule has 7 heteroatoms. The van der Waals surface area contributed by atoms with Gasteiger partial charge in [0, 0.05) is 5.92 Å². The van der Waals surface area contributed by atoms with E-state index in [2.05, 4.69) is 5.32 Å². The largest absolute Gasteiger partial charge is 0.508 e. The van der Waals surface area contributed by atoms with E-state index in [1.165, 1.54) is 24.3 Å². The fourth-order valence-corrected chi connectivity index (χ4v) is 2.74. The molecule has 2 rings (SSSR count). The van der Waals surface area contributed by atoms with Crippen LogP contribution < -0.4 is 5.32 Å². The summed E-state index contributed by atoms with van der Waals surface area (Å²) in [6.45, 7) is 3.28. The lowest BCUT2D eigenvalue weighted by molar-refractivity contribution is -0.142. The molecule has 0 fully saturated rings. The van der Waals surface area contributed by atoms with Gasteiger partial charge in [0.2, 0.25) is 0 Å². The molecule has 0 aromatic heterocycles. The van der Waals surface area contributed by atoms with Crippen LogP contribution in [0, 0.1) is 5.92 Å². The zero-order chi connectivity index (χ0) is 20.7. The lowest BCUT2D eigenvalue weighted by Crippen LogP contribution is -2.48. The number of nitrogens with one attached hydrogen (secondary N) is 1. The van der Waals surface area contributed by atoms with Crippen LogP contribution in [0.25, 0.3) is 0 Å². The summed E-state index contributed by atoms with van der Waals surface area (Å²) < 4.78 is 5.09. The molecule has 148 valence electrons. The number of phenols is 1. The Morgan fingerprint density at radius 3 is 2.14 bits per heavy atom. The van der Waals surface area contributed by atoms with Crippen molar-refractivity contribution in [1.82, 2.24) is 5.32 Å². The standard InChI is InChI=1S/C21H23NO6/c1-13(2)19(24)17(15-8-10-16(23)11-9-15)18(20(25)26)22-21(27)28-12-14-6-4-3-5-7-14/h3-11,13,17-18,23H,12H2,1-2H3,(H,22,27)(H,25,26)/t17?,18-/m0/s1. The first-order chi connectivity index (χ1) is 13.3. The summed E-state index contributed by atoms with van der Waals surface area (Å²) >= 11 is 0. The van der Waals surface area contributed by atoms with Crippen LogP contribution in [0.1, 0.15) is 30.9 Å². The van der Waals surface area contributed by atoms with Gasteiger partial charge in [-0.3, -0.25) is 4.79 Å². The third-order valence-electron chi connectivity index (χ3n) is 4.21. The molecule has 0 spiro atoms. The number of hydrogen-bond donors (Lipinski definition) is 3. The number of ether oxygens (including phenoxy) is 1. The second kappa shape index (κ2) is 9.55. The molecule has 0 aliphatic carbocycles. The Labute approximate surface area is 163 Å². The van der Waals surface area contributed by atoms with Crippen molar-refractivity contribution in [3.05, 3.63) is 65.7 Å². The molecule has 1 unspecified atom stereocenters. The number of aliphatic carboxylic acids is 1. The molecular formula is C21H23NO6. The van der Waals surface area contributed by atoms with Crippen molar-refractivity contribution in [3.63, 3.8) is 0 Å². The maximum Gasteiger partial charge on any atom is 0.408 e. The van der Waals surface area contributed by atoms with Crippen LogP contribution in [0.2, 0.25) is 0 Å². The topological polar surface area (TPSA) is 113 Å². The number of ketones is 1. The predicted molar refractivity (Wildman–Crippen MR) is 102 cm³/mol. The van der Waals surface area contributed by atoms with E-state index in [4.69, 9.17) is 4.74 Å². The number of carboxylic acid groups (broad SMARTS) is 1. The number of benzene rings is 2. The third-order valence-corrected chi connectivity index (χ3v) is 4.21. The maximum absolute atomic E-state index is 12.7. The van der Waals surface area contributed by atoms with E-state index < -0.39 is 29.9 Å². The first-order valence-corrected chi connectivity index (χ1v) is 8.82. The van der Waals surface area contributed by atoms with Gasteiger partial charge in [0.05, 0.1) is 5.92 Å². The number of hydrogen-bond acceptors (Lipinski definition) is 5. The summed E-state index contributed by atoms with van der Waals surface area (Å²) in [6.07, 6.45) is -0.934. The van der Waals surface area contributed by atoms with E-state index in [9.17, 15) is 24.6 Å². The van der Waals surface area contributed by atoms with E-state index in [0.29, 0.717) is 5.56 Å². The van der Waals surface area contributed by atoms with Gasteiger partial charge in [-0.25, -0.2) is 9.59 Å². The van der Waals surface area contributed by atoms with Crippen LogP contribution >= 0.6 is 0 Å². The summed E-state index contributed by atoms with van der Waals surface area (Å²) in [6, 6.07) is 13.1. The smallest absolute Gasteiger partial charge is 0.408 e. The van der Waals surface area contributed by atoms with Gasteiger partial charge in [-0.2, -0.15) is 0 Å². The summed E-state index contributed by atoms with van der Waals surface area (Å²) in [5, 5.41) is 21.4. The summed E-state index contributed by atoms with van der Waals surface area (Å²) in [7, 11) is 0. The quantitative estimate of drug-likeness (QED) is 0.644. The molecule has 0 heterocycles. The highest BCUT2D eigenvalue weighted by Crippen LogP contribution is 2.26. The number of carbonyl (C=O) groups excluding carboxylic acids is 2. The van der Waals surface area contributed by atoms with Crippen molar-refractivity contribution in [2.24, 2.45) is 5.92 Å². The molecule has 7 nitrogen and oxygen atoms in total. The number of Topliss-reactive ketones (excluding diaryl/α,β-unsaturated/α-hetero) is 1. The van der Waals surface area contributed by atoms with Crippen molar-refractivity contribution in [2.45, 2.75) is 32.4 Å². The number of carbonyl (C=O) groups is 3. The average molecular weight is 385 g/mol. The van der Waals surface area contributed by atoms with Crippen molar-refractivity contribution >= 4 is 17.8 Å². The fraction of sp³-hybridized carbons (Fsp3) is 0.286. The Morgan fingerprint density at radius 1 is 1.00 bits per heavy atom. The van der Waals surface area contributed by atoms with Crippen molar-refractivity contribution in [1.29, 1.82) is 0 Å². The molecule has 28 heavy (non-hydrogen) atoms. The van der Waals surface area contributed by atoms with Gasteiger partial charge in [0.25, 0.3) is 0 Å². The van der Waals surface area contributed by atoms with Gasteiger partial charge in [-0.15, -0.1) is 0 Å². The summed E-state index contributed by atoms with van der Waals surface area (Å²) in [5.74, 6) is -3.29. The van der Waals surface area contributed by atoms with Gasteiger partial charge in [0.15, 0.2) is 0 Å².